The highest BCUT2D eigenvalue weighted by molar-refractivity contribution is 7.89. The number of primary sulfonamides is 1. The molecular formula is C12H17N3O5S. The molecule has 2 rings (SSSR count). The minimum atomic E-state index is -3.88. The number of carboxylic acid groups (broad SMARTS) is 1. The van der Waals surface area contributed by atoms with Gasteiger partial charge in [-0.15, -0.1) is 0 Å². The Bertz CT molecular complexity index is 679. The Balaban J connectivity index is 2.18. The molecule has 0 bridgehead atoms. The number of carbonyl (C=O) groups is 2. The van der Waals surface area contributed by atoms with Gasteiger partial charge in [-0.2, -0.15) is 0 Å². The zero-order valence-corrected chi connectivity index (χ0v) is 12.3. The number of sulfonamides is 1. The van der Waals surface area contributed by atoms with E-state index in [0.717, 1.165) is 6.42 Å². The number of nitrogens with one attached hydrogen (secondary N) is 1. The molecule has 1 aliphatic rings. The van der Waals surface area contributed by atoms with Crippen LogP contribution in [0.3, 0.4) is 0 Å². The standard InChI is InChI=1S/C12H17N3O5S/c1-15-6-7(21(13,19)20)5-10(15)11(16)14-9-4-2-3-8(9)12(17)18/h5-6,8-9H,2-4H2,1H3,(H,14,16)(H,17,18)(H2,13,19,20). The van der Waals surface area contributed by atoms with E-state index in [-0.39, 0.29) is 10.6 Å². The highest BCUT2D eigenvalue weighted by atomic mass is 32.2. The predicted octanol–water partition coefficient (Wildman–Crippen LogP) is -0.344. The summed E-state index contributed by atoms with van der Waals surface area (Å²) in [5, 5.41) is 16.8. The molecule has 8 nitrogen and oxygen atoms in total. The highest BCUT2D eigenvalue weighted by Gasteiger charge is 2.34. The molecular weight excluding hydrogens is 298 g/mol. The fourth-order valence-electron chi connectivity index (χ4n) is 2.59. The summed E-state index contributed by atoms with van der Waals surface area (Å²) in [6.07, 6.45) is 3.09. The molecule has 1 aromatic heterocycles. The molecule has 0 aliphatic heterocycles. The molecule has 1 aromatic rings. The molecule has 0 saturated heterocycles. The van der Waals surface area contributed by atoms with E-state index in [1.165, 1.54) is 23.9 Å². The average molecular weight is 315 g/mol. The van der Waals surface area contributed by atoms with Gasteiger partial charge < -0.3 is 15.0 Å². The number of nitrogens with two attached hydrogens (primary N) is 1. The van der Waals surface area contributed by atoms with Crippen molar-refractivity contribution < 1.29 is 23.1 Å². The van der Waals surface area contributed by atoms with Crippen molar-refractivity contribution in [1.82, 2.24) is 9.88 Å². The first kappa shape index (κ1) is 15.5. The number of aryl methyl sites for hydroxylation is 1. The van der Waals surface area contributed by atoms with Crippen LogP contribution in [0.1, 0.15) is 29.8 Å². The van der Waals surface area contributed by atoms with E-state index in [4.69, 9.17) is 10.2 Å². The molecule has 4 N–H and O–H groups in total. The van der Waals surface area contributed by atoms with Gasteiger partial charge in [-0.3, -0.25) is 9.59 Å². The van der Waals surface area contributed by atoms with E-state index < -0.39 is 33.9 Å². The molecule has 1 heterocycles. The van der Waals surface area contributed by atoms with E-state index in [1.54, 1.807) is 0 Å². The number of aromatic nitrogens is 1. The van der Waals surface area contributed by atoms with Crippen molar-refractivity contribution in [1.29, 1.82) is 0 Å². The molecule has 0 radical (unpaired) electrons. The summed E-state index contributed by atoms with van der Waals surface area (Å²) in [4.78, 5) is 23.1. The van der Waals surface area contributed by atoms with Gasteiger partial charge in [0.15, 0.2) is 0 Å². The summed E-state index contributed by atoms with van der Waals surface area (Å²) in [6.45, 7) is 0. The van der Waals surface area contributed by atoms with Crippen LogP contribution in [0.4, 0.5) is 0 Å². The average Bonchev–Trinajstić information content (AvgIpc) is 2.94. The SMILES string of the molecule is Cn1cc(S(N)(=O)=O)cc1C(=O)NC1CCCC1C(=O)O. The van der Waals surface area contributed by atoms with E-state index in [2.05, 4.69) is 5.32 Å². The molecule has 1 fully saturated rings. The molecule has 9 heteroatoms. The third-order valence-electron chi connectivity index (χ3n) is 3.69. The molecule has 0 spiro atoms. The Labute approximate surface area is 122 Å². The van der Waals surface area contributed by atoms with Crippen LogP contribution in [0.5, 0.6) is 0 Å². The number of carbonyl (C=O) groups excluding carboxylic acids is 1. The third-order valence-corrected chi connectivity index (χ3v) is 4.57. The summed E-state index contributed by atoms with van der Waals surface area (Å²) in [7, 11) is -2.36. The minimum absolute atomic E-state index is 0.120. The van der Waals surface area contributed by atoms with Crippen molar-refractivity contribution in [3.05, 3.63) is 18.0 Å². The van der Waals surface area contributed by atoms with Crippen LogP contribution in [0.2, 0.25) is 0 Å². The first-order valence-corrected chi connectivity index (χ1v) is 7.97. The van der Waals surface area contributed by atoms with Gasteiger partial charge >= 0.3 is 5.97 Å². The second kappa shape index (κ2) is 5.49. The molecule has 2 unspecified atom stereocenters. The molecule has 0 aromatic carbocycles. The van der Waals surface area contributed by atoms with Gasteiger partial charge in [-0.05, 0) is 18.9 Å². The monoisotopic (exact) mass is 315 g/mol. The Morgan fingerprint density at radius 1 is 1.43 bits per heavy atom. The quantitative estimate of drug-likeness (QED) is 0.699. The van der Waals surface area contributed by atoms with Crippen molar-refractivity contribution in [3.8, 4) is 0 Å². The van der Waals surface area contributed by atoms with Crippen LogP contribution < -0.4 is 10.5 Å². The van der Waals surface area contributed by atoms with E-state index >= 15 is 0 Å². The van der Waals surface area contributed by atoms with Gasteiger partial charge in [-0.1, -0.05) is 6.42 Å². The number of aliphatic carboxylic acids is 1. The Kier molecular flexibility index (Phi) is 4.06. The fraction of sp³-hybridized carbons (Fsp3) is 0.500. The molecule has 116 valence electrons. The first-order valence-electron chi connectivity index (χ1n) is 6.43. The Morgan fingerprint density at radius 2 is 2.10 bits per heavy atom. The van der Waals surface area contributed by atoms with Crippen molar-refractivity contribution in [2.24, 2.45) is 18.1 Å². The highest BCUT2D eigenvalue weighted by Crippen LogP contribution is 2.26. The van der Waals surface area contributed by atoms with Crippen LogP contribution >= 0.6 is 0 Å². The lowest BCUT2D eigenvalue weighted by molar-refractivity contribution is -0.142. The number of hydrogen-bond donors (Lipinski definition) is 3. The molecule has 2 atom stereocenters. The van der Waals surface area contributed by atoms with E-state index in [9.17, 15) is 18.0 Å². The lowest BCUT2D eigenvalue weighted by Crippen LogP contribution is -2.40. The van der Waals surface area contributed by atoms with Crippen LogP contribution in [0.25, 0.3) is 0 Å². The topological polar surface area (TPSA) is 131 Å². The predicted molar refractivity (Wildman–Crippen MR) is 73.0 cm³/mol. The molecule has 1 amide bonds. The number of amides is 1. The Morgan fingerprint density at radius 3 is 2.62 bits per heavy atom. The summed E-state index contributed by atoms with van der Waals surface area (Å²) in [5.74, 6) is -2.05. The van der Waals surface area contributed by atoms with Crippen LogP contribution in [-0.2, 0) is 21.9 Å². The van der Waals surface area contributed by atoms with Crippen molar-refractivity contribution in [2.45, 2.75) is 30.2 Å². The maximum Gasteiger partial charge on any atom is 0.308 e. The summed E-state index contributed by atoms with van der Waals surface area (Å²) >= 11 is 0. The molecule has 1 saturated carbocycles. The van der Waals surface area contributed by atoms with Gasteiger partial charge in [0, 0.05) is 19.3 Å². The maximum atomic E-state index is 12.2. The van der Waals surface area contributed by atoms with Gasteiger partial charge in [0.25, 0.3) is 5.91 Å². The molecule has 21 heavy (non-hydrogen) atoms. The number of rotatable bonds is 4. The van der Waals surface area contributed by atoms with Gasteiger partial charge in [-0.25, -0.2) is 13.6 Å². The lowest BCUT2D eigenvalue weighted by Gasteiger charge is -2.17. The lowest BCUT2D eigenvalue weighted by atomic mass is 10.0. The maximum absolute atomic E-state index is 12.2. The second-order valence-electron chi connectivity index (χ2n) is 5.17. The number of hydrogen-bond acceptors (Lipinski definition) is 4. The van der Waals surface area contributed by atoms with Gasteiger partial charge in [0.1, 0.15) is 10.6 Å². The Hall–Kier alpha value is -1.87. The number of carboxylic acids is 1. The fourth-order valence-corrected chi connectivity index (χ4v) is 3.17. The van der Waals surface area contributed by atoms with Crippen LogP contribution in [0, 0.1) is 5.92 Å². The van der Waals surface area contributed by atoms with Crippen molar-refractivity contribution >= 4 is 21.9 Å². The van der Waals surface area contributed by atoms with Gasteiger partial charge in [0.2, 0.25) is 10.0 Å². The largest absolute Gasteiger partial charge is 0.481 e. The summed E-state index contributed by atoms with van der Waals surface area (Å²) in [6, 6.07) is 0.734. The minimum Gasteiger partial charge on any atom is -0.481 e. The normalized spacial score (nSPS) is 22.2. The smallest absolute Gasteiger partial charge is 0.308 e. The van der Waals surface area contributed by atoms with Crippen molar-refractivity contribution in [3.63, 3.8) is 0 Å². The zero-order chi connectivity index (χ0) is 15.8. The van der Waals surface area contributed by atoms with Gasteiger partial charge in [0.05, 0.1) is 5.92 Å². The van der Waals surface area contributed by atoms with E-state index in [0.29, 0.717) is 12.8 Å². The van der Waals surface area contributed by atoms with E-state index in [1.807, 2.05) is 0 Å². The van der Waals surface area contributed by atoms with Crippen LogP contribution in [0.15, 0.2) is 17.2 Å². The molecule has 1 aliphatic carbocycles. The van der Waals surface area contributed by atoms with Crippen molar-refractivity contribution in [2.75, 3.05) is 0 Å². The summed E-state index contributed by atoms with van der Waals surface area (Å²) in [5.41, 5.74) is 0.120. The van der Waals surface area contributed by atoms with Crippen LogP contribution in [-0.4, -0.2) is 36.0 Å². The zero-order valence-electron chi connectivity index (χ0n) is 11.4. The number of nitrogens with zero attached hydrogens (tertiary/aromatic N) is 1. The summed E-state index contributed by atoms with van der Waals surface area (Å²) < 4.78 is 23.9. The second-order valence-corrected chi connectivity index (χ2v) is 6.73. The first-order chi connectivity index (χ1) is 9.70. The third kappa shape index (κ3) is 3.24.